The summed E-state index contributed by atoms with van der Waals surface area (Å²) in [5, 5.41) is 0. The summed E-state index contributed by atoms with van der Waals surface area (Å²) in [5.74, 6) is 0.919. The minimum Gasteiger partial charge on any atom is -0.341 e. The molecule has 8 heteroatoms. The van der Waals surface area contributed by atoms with E-state index in [1.54, 1.807) is 4.90 Å². The van der Waals surface area contributed by atoms with Gasteiger partial charge in [-0.25, -0.2) is 0 Å². The molecule has 0 unspecified atom stereocenters. The minimum absolute atomic E-state index is 0.0248. The zero-order chi connectivity index (χ0) is 14.8. The zero-order valence-corrected chi connectivity index (χ0v) is 13.8. The highest BCUT2D eigenvalue weighted by atomic mass is 32.2. The SMILES string of the molecule is CCN(CC)S(=O)(=O)N1CSC[C@H]1C(=O)N1CCCC1. The molecule has 2 aliphatic rings. The van der Waals surface area contributed by atoms with Crippen LogP contribution >= 0.6 is 11.8 Å². The van der Waals surface area contributed by atoms with Crippen molar-refractivity contribution in [2.24, 2.45) is 0 Å². The second-order valence-electron chi connectivity index (χ2n) is 5.03. The first kappa shape index (κ1) is 16.1. The van der Waals surface area contributed by atoms with Crippen molar-refractivity contribution in [2.75, 3.05) is 37.8 Å². The van der Waals surface area contributed by atoms with Gasteiger partial charge in [-0.15, -0.1) is 11.8 Å². The van der Waals surface area contributed by atoms with E-state index < -0.39 is 16.3 Å². The molecule has 1 amide bonds. The second kappa shape index (κ2) is 6.64. The van der Waals surface area contributed by atoms with Crippen LogP contribution in [0.2, 0.25) is 0 Å². The summed E-state index contributed by atoms with van der Waals surface area (Å²) < 4.78 is 28.0. The van der Waals surface area contributed by atoms with Gasteiger partial charge in [0.05, 0.1) is 5.88 Å². The molecule has 2 heterocycles. The topological polar surface area (TPSA) is 60.9 Å². The fourth-order valence-electron chi connectivity index (χ4n) is 2.70. The standard InChI is InChI=1S/C12H23N3O3S2/c1-3-14(4-2)20(17,18)15-10-19-9-11(15)12(16)13-7-5-6-8-13/h11H,3-10H2,1-2H3/t11-/m0/s1. The molecule has 0 N–H and O–H groups in total. The van der Waals surface area contributed by atoms with Crippen LogP contribution in [0.25, 0.3) is 0 Å². The lowest BCUT2D eigenvalue weighted by Crippen LogP contribution is -2.52. The Balaban J connectivity index is 2.16. The highest BCUT2D eigenvalue weighted by Gasteiger charge is 2.43. The van der Waals surface area contributed by atoms with Gasteiger partial charge in [0, 0.05) is 31.9 Å². The highest BCUT2D eigenvalue weighted by molar-refractivity contribution is 8.00. The number of nitrogens with zero attached hydrogens (tertiary/aromatic N) is 3. The van der Waals surface area contributed by atoms with Gasteiger partial charge in [0.25, 0.3) is 10.2 Å². The van der Waals surface area contributed by atoms with Gasteiger partial charge >= 0.3 is 0 Å². The van der Waals surface area contributed by atoms with Gasteiger partial charge in [0.1, 0.15) is 6.04 Å². The number of amides is 1. The Hall–Kier alpha value is -0.310. The molecule has 2 fully saturated rings. The summed E-state index contributed by atoms with van der Waals surface area (Å²) in [6.45, 7) is 6.04. The van der Waals surface area contributed by atoms with Crippen LogP contribution in [0.3, 0.4) is 0 Å². The van der Waals surface area contributed by atoms with Crippen molar-refractivity contribution >= 4 is 27.9 Å². The number of thioether (sulfide) groups is 1. The Morgan fingerprint density at radius 3 is 2.40 bits per heavy atom. The Morgan fingerprint density at radius 2 is 1.85 bits per heavy atom. The number of hydrogen-bond acceptors (Lipinski definition) is 4. The zero-order valence-electron chi connectivity index (χ0n) is 12.1. The van der Waals surface area contributed by atoms with E-state index >= 15 is 0 Å². The van der Waals surface area contributed by atoms with Gasteiger partial charge in [-0.2, -0.15) is 17.0 Å². The molecule has 116 valence electrons. The second-order valence-corrected chi connectivity index (χ2v) is 7.91. The highest BCUT2D eigenvalue weighted by Crippen LogP contribution is 2.28. The fraction of sp³-hybridized carbons (Fsp3) is 0.917. The van der Waals surface area contributed by atoms with Gasteiger partial charge in [0.15, 0.2) is 0 Å². The Bertz CT molecular complexity index is 445. The first-order valence-corrected chi connectivity index (χ1v) is 9.71. The smallest absolute Gasteiger partial charge is 0.283 e. The van der Waals surface area contributed by atoms with Crippen molar-refractivity contribution in [3.63, 3.8) is 0 Å². The molecule has 0 spiro atoms. The molecule has 0 aromatic carbocycles. The van der Waals surface area contributed by atoms with Crippen molar-refractivity contribution in [3.05, 3.63) is 0 Å². The van der Waals surface area contributed by atoms with Crippen molar-refractivity contribution in [1.82, 2.24) is 13.5 Å². The number of carbonyl (C=O) groups excluding carboxylic acids is 1. The van der Waals surface area contributed by atoms with Crippen molar-refractivity contribution < 1.29 is 13.2 Å². The Labute approximate surface area is 125 Å². The third-order valence-electron chi connectivity index (χ3n) is 3.87. The summed E-state index contributed by atoms with van der Waals surface area (Å²) in [6, 6.07) is -0.524. The van der Waals surface area contributed by atoms with Crippen LogP contribution in [0, 0.1) is 0 Å². The van der Waals surface area contributed by atoms with Crippen LogP contribution in [-0.2, 0) is 15.0 Å². The summed E-state index contributed by atoms with van der Waals surface area (Å²) in [4.78, 5) is 14.3. The van der Waals surface area contributed by atoms with Gasteiger partial charge in [-0.05, 0) is 12.8 Å². The summed E-state index contributed by atoms with van der Waals surface area (Å²) >= 11 is 1.52. The molecule has 20 heavy (non-hydrogen) atoms. The lowest BCUT2D eigenvalue weighted by molar-refractivity contribution is -0.133. The van der Waals surface area contributed by atoms with E-state index in [4.69, 9.17) is 0 Å². The maximum Gasteiger partial charge on any atom is 0.283 e. The third kappa shape index (κ3) is 2.98. The molecule has 0 aromatic rings. The van der Waals surface area contributed by atoms with E-state index in [0.29, 0.717) is 24.7 Å². The fourth-order valence-corrected chi connectivity index (χ4v) is 5.99. The molecule has 6 nitrogen and oxygen atoms in total. The monoisotopic (exact) mass is 321 g/mol. The van der Waals surface area contributed by atoms with Crippen LogP contribution < -0.4 is 0 Å². The minimum atomic E-state index is -3.53. The van der Waals surface area contributed by atoms with Crippen LogP contribution in [0.5, 0.6) is 0 Å². The third-order valence-corrected chi connectivity index (χ3v) is 7.19. The Kier molecular flexibility index (Phi) is 5.33. The summed E-state index contributed by atoms with van der Waals surface area (Å²) in [6.07, 6.45) is 2.04. The van der Waals surface area contributed by atoms with E-state index in [9.17, 15) is 13.2 Å². The van der Waals surface area contributed by atoms with Gasteiger partial charge in [-0.3, -0.25) is 4.79 Å². The lowest BCUT2D eigenvalue weighted by Gasteiger charge is -2.30. The maximum atomic E-state index is 12.6. The van der Waals surface area contributed by atoms with Gasteiger partial charge in [-0.1, -0.05) is 13.8 Å². The molecule has 1 atom stereocenters. The molecule has 2 rings (SSSR count). The predicted octanol–water partition coefficient (Wildman–Crippen LogP) is 0.570. The number of hydrogen-bond donors (Lipinski definition) is 0. The average Bonchev–Trinajstić information content (AvgIpc) is 3.10. The summed E-state index contributed by atoms with van der Waals surface area (Å²) in [7, 11) is -3.53. The van der Waals surface area contributed by atoms with E-state index in [-0.39, 0.29) is 5.91 Å². The molecule has 0 saturated carbocycles. The molecule has 0 aliphatic carbocycles. The molecular formula is C12H23N3O3S2. The molecule has 2 aliphatic heterocycles. The molecule has 2 saturated heterocycles. The van der Waals surface area contributed by atoms with Crippen molar-refractivity contribution in [1.29, 1.82) is 0 Å². The van der Waals surface area contributed by atoms with Crippen LogP contribution in [-0.4, -0.2) is 71.7 Å². The van der Waals surface area contributed by atoms with Crippen molar-refractivity contribution in [2.45, 2.75) is 32.7 Å². The number of rotatable bonds is 5. The van der Waals surface area contributed by atoms with E-state index in [1.807, 2.05) is 13.8 Å². The molecule has 0 aromatic heterocycles. The normalized spacial score (nSPS) is 24.8. The van der Waals surface area contributed by atoms with Crippen molar-refractivity contribution in [3.8, 4) is 0 Å². The first-order valence-electron chi connectivity index (χ1n) is 7.15. The quantitative estimate of drug-likeness (QED) is 0.743. The predicted molar refractivity (Wildman–Crippen MR) is 80.6 cm³/mol. The van der Waals surface area contributed by atoms with E-state index in [1.165, 1.54) is 20.4 Å². The largest absolute Gasteiger partial charge is 0.341 e. The molecular weight excluding hydrogens is 298 g/mol. The number of carbonyl (C=O) groups is 1. The van der Waals surface area contributed by atoms with E-state index in [0.717, 1.165) is 25.9 Å². The van der Waals surface area contributed by atoms with Gasteiger partial charge < -0.3 is 4.90 Å². The first-order chi connectivity index (χ1) is 9.52. The van der Waals surface area contributed by atoms with Crippen LogP contribution in [0.15, 0.2) is 0 Å². The van der Waals surface area contributed by atoms with Crippen LogP contribution in [0.1, 0.15) is 26.7 Å². The lowest BCUT2D eigenvalue weighted by atomic mass is 10.3. The summed E-state index contributed by atoms with van der Waals surface area (Å²) in [5.41, 5.74) is 0. The van der Waals surface area contributed by atoms with Gasteiger partial charge in [0.2, 0.25) is 5.91 Å². The average molecular weight is 321 g/mol. The maximum absolute atomic E-state index is 12.6. The van der Waals surface area contributed by atoms with E-state index in [2.05, 4.69) is 0 Å². The van der Waals surface area contributed by atoms with Crippen LogP contribution in [0.4, 0.5) is 0 Å². The molecule has 0 radical (unpaired) electrons. The molecule has 0 bridgehead atoms. The number of likely N-dealkylation sites (tertiary alicyclic amines) is 1. The Morgan fingerprint density at radius 1 is 1.25 bits per heavy atom.